The van der Waals surface area contributed by atoms with Crippen molar-refractivity contribution in [3.63, 3.8) is 0 Å². The number of rotatable bonds is 4. The van der Waals surface area contributed by atoms with Gasteiger partial charge in [0.15, 0.2) is 0 Å². The van der Waals surface area contributed by atoms with Gasteiger partial charge in [0.05, 0.1) is 11.3 Å². The maximum absolute atomic E-state index is 12.2. The number of likely N-dealkylation sites (N-methyl/N-ethyl adjacent to an activating group) is 1. The molecule has 0 radical (unpaired) electrons. The minimum Gasteiger partial charge on any atom is -0.480 e. The van der Waals surface area contributed by atoms with Crippen molar-refractivity contribution >= 4 is 17.6 Å². The molecule has 0 spiro atoms. The number of aliphatic carboxylic acids is 1. The van der Waals surface area contributed by atoms with Crippen LogP contribution in [0.5, 0.6) is 0 Å². The van der Waals surface area contributed by atoms with Gasteiger partial charge >= 0.3 is 5.97 Å². The molecule has 0 saturated carbocycles. The Morgan fingerprint density at radius 2 is 1.94 bits per heavy atom. The van der Waals surface area contributed by atoms with Crippen LogP contribution in [0.3, 0.4) is 0 Å². The lowest BCUT2D eigenvalue weighted by Crippen LogP contribution is -2.40. The Labute approximate surface area is 106 Å². The summed E-state index contributed by atoms with van der Waals surface area (Å²) in [5.41, 5.74) is 1.09. The van der Waals surface area contributed by atoms with E-state index in [-0.39, 0.29) is 5.91 Å². The molecule has 1 N–H and O–H groups in total. The van der Waals surface area contributed by atoms with Crippen LogP contribution in [-0.2, 0) is 4.79 Å². The van der Waals surface area contributed by atoms with Crippen molar-refractivity contribution in [2.24, 2.45) is 0 Å². The van der Waals surface area contributed by atoms with Gasteiger partial charge in [-0.1, -0.05) is 0 Å². The third kappa shape index (κ3) is 2.77. The first-order chi connectivity index (χ1) is 8.36. The molecule has 18 heavy (non-hydrogen) atoms. The third-order valence-corrected chi connectivity index (χ3v) is 2.77. The van der Waals surface area contributed by atoms with Gasteiger partial charge in [-0.2, -0.15) is 0 Å². The Hall–Kier alpha value is -2.11. The second-order valence-corrected chi connectivity index (χ2v) is 4.22. The summed E-state index contributed by atoms with van der Waals surface area (Å²) in [6.45, 7) is 1.46. The summed E-state index contributed by atoms with van der Waals surface area (Å²) in [5, 5.41) is 8.91. The highest BCUT2D eigenvalue weighted by atomic mass is 16.4. The minimum absolute atomic E-state index is 0.360. The molecule has 1 aromatic rings. The molecule has 0 aliphatic rings. The van der Waals surface area contributed by atoms with E-state index in [1.807, 2.05) is 14.1 Å². The Morgan fingerprint density at radius 1 is 1.33 bits per heavy atom. The van der Waals surface area contributed by atoms with Crippen molar-refractivity contribution in [1.29, 1.82) is 0 Å². The smallest absolute Gasteiger partial charge is 0.326 e. The molecule has 0 aliphatic carbocycles. The van der Waals surface area contributed by atoms with Crippen LogP contribution in [0.1, 0.15) is 17.3 Å². The van der Waals surface area contributed by atoms with E-state index in [4.69, 9.17) is 5.11 Å². The number of hydrogen-bond acceptors (Lipinski definition) is 4. The summed E-state index contributed by atoms with van der Waals surface area (Å²) in [5.74, 6) is -1.40. The number of carboxylic acid groups (broad SMARTS) is 1. The van der Waals surface area contributed by atoms with Crippen LogP contribution in [-0.4, -0.2) is 54.1 Å². The molecule has 0 aliphatic heterocycles. The predicted octanol–water partition coefficient (Wildman–Crippen LogP) is 0.693. The Balaban J connectivity index is 3.08. The van der Waals surface area contributed by atoms with Crippen molar-refractivity contribution in [1.82, 2.24) is 9.88 Å². The molecule has 6 heteroatoms. The number of anilines is 1. The first-order valence-corrected chi connectivity index (χ1v) is 5.47. The van der Waals surface area contributed by atoms with E-state index in [9.17, 15) is 9.59 Å². The van der Waals surface area contributed by atoms with Crippen molar-refractivity contribution < 1.29 is 14.7 Å². The fraction of sp³-hybridized carbons (Fsp3) is 0.417. The summed E-state index contributed by atoms with van der Waals surface area (Å²) in [6.07, 6.45) is 3.04. The van der Waals surface area contributed by atoms with E-state index in [1.54, 1.807) is 17.2 Å². The van der Waals surface area contributed by atoms with E-state index in [1.165, 1.54) is 25.1 Å². The van der Waals surface area contributed by atoms with Gasteiger partial charge in [0, 0.05) is 33.5 Å². The first-order valence-electron chi connectivity index (χ1n) is 5.47. The number of pyridine rings is 1. The summed E-state index contributed by atoms with van der Waals surface area (Å²) in [6, 6.07) is 0.833. The third-order valence-electron chi connectivity index (χ3n) is 2.77. The largest absolute Gasteiger partial charge is 0.480 e. The van der Waals surface area contributed by atoms with Gasteiger partial charge in [0.2, 0.25) is 0 Å². The Bertz CT molecular complexity index is 460. The summed E-state index contributed by atoms with van der Waals surface area (Å²) in [7, 11) is 5.09. The lowest BCUT2D eigenvalue weighted by Gasteiger charge is -2.24. The van der Waals surface area contributed by atoms with Crippen molar-refractivity contribution in [2.45, 2.75) is 13.0 Å². The second-order valence-electron chi connectivity index (χ2n) is 4.22. The van der Waals surface area contributed by atoms with E-state index >= 15 is 0 Å². The number of amides is 1. The topological polar surface area (TPSA) is 73.7 Å². The number of carbonyl (C=O) groups excluding carboxylic acids is 1. The normalized spacial score (nSPS) is 11.8. The average molecular weight is 251 g/mol. The molecule has 1 amide bonds. The maximum atomic E-state index is 12.2. The van der Waals surface area contributed by atoms with Crippen LogP contribution in [0.25, 0.3) is 0 Å². The van der Waals surface area contributed by atoms with Gasteiger partial charge in [-0.3, -0.25) is 9.78 Å². The Kier molecular flexibility index (Phi) is 4.25. The molecule has 0 aromatic carbocycles. The first kappa shape index (κ1) is 14.0. The van der Waals surface area contributed by atoms with Crippen LogP contribution in [0.2, 0.25) is 0 Å². The van der Waals surface area contributed by atoms with Crippen LogP contribution in [0, 0.1) is 0 Å². The zero-order chi connectivity index (χ0) is 13.9. The highest BCUT2D eigenvalue weighted by Crippen LogP contribution is 2.19. The average Bonchev–Trinajstić information content (AvgIpc) is 2.35. The van der Waals surface area contributed by atoms with E-state index in [0.29, 0.717) is 11.3 Å². The molecule has 1 aromatic heterocycles. The van der Waals surface area contributed by atoms with Gasteiger partial charge in [0.1, 0.15) is 6.04 Å². The monoisotopic (exact) mass is 251 g/mol. The molecule has 0 saturated heterocycles. The number of carboxylic acids is 1. The predicted molar refractivity (Wildman–Crippen MR) is 67.8 cm³/mol. The lowest BCUT2D eigenvalue weighted by molar-refractivity contribution is -0.141. The highest BCUT2D eigenvalue weighted by Gasteiger charge is 2.24. The van der Waals surface area contributed by atoms with E-state index in [0.717, 1.165) is 0 Å². The molecule has 1 heterocycles. The number of hydrogen-bond donors (Lipinski definition) is 1. The molecule has 0 fully saturated rings. The van der Waals surface area contributed by atoms with Gasteiger partial charge in [-0.05, 0) is 13.0 Å². The van der Waals surface area contributed by atoms with Crippen LogP contribution in [0.4, 0.5) is 5.69 Å². The van der Waals surface area contributed by atoms with Crippen LogP contribution >= 0.6 is 0 Å². The zero-order valence-electron chi connectivity index (χ0n) is 10.9. The highest BCUT2D eigenvalue weighted by molar-refractivity contribution is 6.00. The van der Waals surface area contributed by atoms with Gasteiger partial charge in [-0.25, -0.2) is 4.79 Å². The number of nitrogens with zero attached hydrogens (tertiary/aromatic N) is 3. The summed E-state index contributed by atoms with van der Waals surface area (Å²) >= 11 is 0. The summed E-state index contributed by atoms with van der Waals surface area (Å²) < 4.78 is 0. The second kappa shape index (κ2) is 5.48. The van der Waals surface area contributed by atoms with Crippen molar-refractivity contribution in [3.8, 4) is 0 Å². The molecular formula is C12H17N3O3. The molecule has 1 unspecified atom stereocenters. The van der Waals surface area contributed by atoms with Crippen LogP contribution < -0.4 is 4.90 Å². The standard InChI is InChI=1S/C12H17N3O3/c1-8(12(17)18)15(4)11(16)9-7-13-6-5-10(9)14(2)3/h5-8H,1-4H3,(H,17,18). The summed E-state index contributed by atoms with van der Waals surface area (Å²) in [4.78, 5) is 30.0. The molecule has 6 nitrogen and oxygen atoms in total. The van der Waals surface area contributed by atoms with Crippen LogP contribution in [0.15, 0.2) is 18.5 Å². The van der Waals surface area contributed by atoms with Gasteiger partial charge in [-0.15, -0.1) is 0 Å². The molecule has 1 atom stereocenters. The molecule has 98 valence electrons. The lowest BCUT2D eigenvalue weighted by atomic mass is 10.1. The Morgan fingerprint density at radius 3 is 2.44 bits per heavy atom. The van der Waals surface area contributed by atoms with E-state index < -0.39 is 12.0 Å². The van der Waals surface area contributed by atoms with Crippen molar-refractivity contribution in [3.05, 3.63) is 24.0 Å². The number of carbonyl (C=O) groups is 2. The molecule has 0 bridgehead atoms. The molecule has 1 rings (SSSR count). The van der Waals surface area contributed by atoms with Gasteiger partial charge < -0.3 is 14.9 Å². The quantitative estimate of drug-likeness (QED) is 0.852. The minimum atomic E-state index is -1.04. The van der Waals surface area contributed by atoms with E-state index in [2.05, 4.69) is 4.98 Å². The SMILES string of the molecule is CC(C(=O)O)N(C)C(=O)c1cnccc1N(C)C. The molecular weight excluding hydrogens is 234 g/mol. The fourth-order valence-electron chi connectivity index (χ4n) is 1.47. The number of aromatic nitrogens is 1. The maximum Gasteiger partial charge on any atom is 0.326 e. The fourth-order valence-corrected chi connectivity index (χ4v) is 1.47. The zero-order valence-corrected chi connectivity index (χ0v) is 10.9. The van der Waals surface area contributed by atoms with Crippen molar-refractivity contribution in [2.75, 3.05) is 26.0 Å². The van der Waals surface area contributed by atoms with Gasteiger partial charge in [0.25, 0.3) is 5.91 Å².